The quantitative estimate of drug-likeness (QED) is 0.624. The van der Waals surface area contributed by atoms with Crippen LogP contribution < -0.4 is 9.64 Å². The Kier molecular flexibility index (Phi) is 6.37. The Bertz CT molecular complexity index is 984. The number of aryl methyl sites for hydroxylation is 1. The number of alkyl halides is 6. The highest BCUT2D eigenvalue weighted by atomic mass is 19.4. The lowest BCUT2D eigenvalue weighted by molar-refractivity contribution is -0.193. The van der Waals surface area contributed by atoms with Crippen molar-refractivity contribution in [2.45, 2.75) is 37.8 Å². The van der Waals surface area contributed by atoms with E-state index in [0.29, 0.717) is 5.69 Å². The third-order valence-electron chi connectivity index (χ3n) is 4.52. The molecule has 2 aromatic rings. The Hall–Kier alpha value is -3.25. The Morgan fingerprint density at radius 3 is 2.31 bits per heavy atom. The van der Waals surface area contributed by atoms with Crippen LogP contribution in [0.4, 0.5) is 32.0 Å². The van der Waals surface area contributed by atoms with Crippen molar-refractivity contribution in [2.75, 3.05) is 11.5 Å². The molecule has 174 valence electrons. The summed E-state index contributed by atoms with van der Waals surface area (Å²) in [5, 5.41) is 3.97. The van der Waals surface area contributed by atoms with Gasteiger partial charge in [-0.05, 0) is 37.3 Å². The van der Waals surface area contributed by atoms with Crippen molar-refractivity contribution >= 4 is 17.6 Å². The number of hydrogen-bond acceptors (Lipinski definition) is 5. The van der Waals surface area contributed by atoms with E-state index in [0.717, 1.165) is 24.0 Å². The summed E-state index contributed by atoms with van der Waals surface area (Å²) in [5.74, 6) is -0.745. The van der Waals surface area contributed by atoms with Gasteiger partial charge in [0.25, 0.3) is 6.02 Å². The van der Waals surface area contributed by atoms with Crippen LogP contribution in [0, 0.1) is 0 Å². The predicted octanol–water partition coefficient (Wildman–Crippen LogP) is 4.16. The number of amides is 1. The highest BCUT2D eigenvalue weighted by molar-refractivity contribution is 6.15. The van der Waals surface area contributed by atoms with Gasteiger partial charge in [0.15, 0.2) is 12.7 Å². The summed E-state index contributed by atoms with van der Waals surface area (Å²) in [6.45, 7) is -0.743. The largest absolute Gasteiger partial charge is 0.484 e. The van der Waals surface area contributed by atoms with Crippen LogP contribution in [0.5, 0.6) is 5.75 Å². The van der Waals surface area contributed by atoms with Crippen molar-refractivity contribution in [3.05, 3.63) is 42.2 Å². The molecule has 0 saturated heterocycles. The van der Waals surface area contributed by atoms with E-state index < -0.39 is 43.0 Å². The predicted molar refractivity (Wildman–Crippen MR) is 100 cm³/mol. The zero-order valence-electron chi connectivity index (χ0n) is 16.8. The van der Waals surface area contributed by atoms with E-state index in [9.17, 15) is 31.1 Å². The normalized spacial score (nSPS) is 18.4. The van der Waals surface area contributed by atoms with Gasteiger partial charge in [0.2, 0.25) is 5.91 Å². The number of nitrogens with zero attached hydrogens (tertiary/aromatic N) is 4. The minimum absolute atomic E-state index is 0.0611. The maximum absolute atomic E-state index is 13.1. The zero-order valence-corrected chi connectivity index (χ0v) is 16.8. The third kappa shape index (κ3) is 5.51. The van der Waals surface area contributed by atoms with Crippen molar-refractivity contribution in [1.82, 2.24) is 9.78 Å². The van der Waals surface area contributed by atoms with E-state index >= 15 is 0 Å². The van der Waals surface area contributed by atoms with Crippen molar-refractivity contribution in [3.8, 4) is 5.75 Å². The van der Waals surface area contributed by atoms with Gasteiger partial charge >= 0.3 is 12.4 Å². The van der Waals surface area contributed by atoms with E-state index in [1.54, 1.807) is 13.1 Å². The molecule has 1 amide bonds. The van der Waals surface area contributed by atoms with E-state index in [1.807, 2.05) is 0 Å². The first-order valence-corrected chi connectivity index (χ1v) is 9.27. The molecule has 32 heavy (non-hydrogen) atoms. The first-order valence-electron chi connectivity index (χ1n) is 9.27. The van der Waals surface area contributed by atoms with E-state index in [-0.39, 0.29) is 17.9 Å². The SMILES string of the molecule is C[C@@H](OC1=NC(c2ccnn2C)CC(=O)N1c1ccc(OCC(F)(F)F)cc1)C(F)(F)F. The van der Waals surface area contributed by atoms with Gasteiger partial charge < -0.3 is 9.47 Å². The second-order valence-corrected chi connectivity index (χ2v) is 6.94. The van der Waals surface area contributed by atoms with Crippen LogP contribution >= 0.6 is 0 Å². The van der Waals surface area contributed by atoms with Gasteiger partial charge in [-0.25, -0.2) is 9.89 Å². The van der Waals surface area contributed by atoms with Crippen molar-refractivity contribution in [1.29, 1.82) is 0 Å². The average molecular weight is 464 g/mol. The Balaban J connectivity index is 1.91. The van der Waals surface area contributed by atoms with E-state index in [4.69, 9.17) is 4.74 Å². The first-order chi connectivity index (χ1) is 14.8. The topological polar surface area (TPSA) is 69.0 Å². The number of benzene rings is 1. The molecular formula is C19H18F6N4O3. The van der Waals surface area contributed by atoms with Crippen molar-refractivity contribution < 1.29 is 40.6 Å². The molecule has 0 saturated carbocycles. The van der Waals surface area contributed by atoms with Gasteiger partial charge in [0.05, 0.1) is 17.8 Å². The number of carbonyl (C=O) groups excluding carboxylic acids is 1. The van der Waals surface area contributed by atoms with Gasteiger partial charge in [0, 0.05) is 13.2 Å². The van der Waals surface area contributed by atoms with Crippen LogP contribution in [-0.4, -0.2) is 46.8 Å². The molecule has 0 N–H and O–H groups in total. The van der Waals surface area contributed by atoms with Gasteiger partial charge in [-0.1, -0.05) is 0 Å². The van der Waals surface area contributed by atoms with Crippen LogP contribution in [0.15, 0.2) is 41.5 Å². The number of anilines is 1. The minimum atomic E-state index is -4.72. The molecule has 0 bridgehead atoms. The first kappa shape index (κ1) is 23.4. The lowest BCUT2D eigenvalue weighted by atomic mass is 10.1. The molecule has 2 heterocycles. The number of rotatable bonds is 5. The number of hydrogen-bond donors (Lipinski definition) is 0. The molecular weight excluding hydrogens is 446 g/mol. The number of aromatic nitrogens is 2. The van der Waals surface area contributed by atoms with Crippen molar-refractivity contribution in [3.63, 3.8) is 0 Å². The lowest BCUT2D eigenvalue weighted by Crippen LogP contribution is -2.46. The van der Waals surface area contributed by atoms with Crippen molar-refractivity contribution in [2.24, 2.45) is 12.0 Å². The second kappa shape index (κ2) is 8.71. The molecule has 0 fully saturated rings. The Labute approximate surface area is 178 Å². The highest BCUT2D eigenvalue weighted by Crippen LogP contribution is 2.32. The summed E-state index contributed by atoms with van der Waals surface area (Å²) in [6, 6.07) is 4.95. The number of ether oxygens (including phenoxy) is 2. The fourth-order valence-corrected chi connectivity index (χ4v) is 2.90. The minimum Gasteiger partial charge on any atom is -0.484 e. The van der Waals surface area contributed by atoms with Crippen LogP contribution in [-0.2, 0) is 16.6 Å². The molecule has 1 aliphatic rings. The molecule has 2 atom stereocenters. The highest BCUT2D eigenvalue weighted by Gasteiger charge is 2.42. The zero-order chi connectivity index (χ0) is 23.7. The number of amidine groups is 1. The maximum Gasteiger partial charge on any atom is 0.425 e. The Morgan fingerprint density at radius 1 is 1.12 bits per heavy atom. The smallest absolute Gasteiger partial charge is 0.425 e. The number of aliphatic imine (C=N–C) groups is 1. The van der Waals surface area contributed by atoms with Gasteiger partial charge in [-0.3, -0.25) is 9.48 Å². The fourth-order valence-electron chi connectivity index (χ4n) is 2.90. The molecule has 0 spiro atoms. The molecule has 3 rings (SSSR count). The number of carbonyl (C=O) groups is 1. The van der Waals surface area contributed by atoms with Gasteiger partial charge in [-0.2, -0.15) is 31.4 Å². The van der Waals surface area contributed by atoms with E-state index in [1.165, 1.54) is 23.0 Å². The third-order valence-corrected chi connectivity index (χ3v) is 4.52. The molecule has 1 unspecified atom stereocenters. The molecule has 1 aromatic carbocycles. The summed E-state index contributed by atoms with van der Waals surface area (Å²) in [7, 11) is 1.60. The molecule has 1 aliphatic heterocycles. The summed E-state index contributed by atoms with van der Waals surface area (Å²) in [4.78, 5) is 17.9. The monoisotopic (exact) mass is 464 g/mol. The average Bonchev–Trinajstić information content (AvgIpc) is 3.11. The summed E-state index contributed by atoms with van der Waals surface area (Å²) >= 11 is 0. The van der Waals surface area contributed by atoms with Crippen LogP contribution in [0.1, 0.15) is 25.1 Å². The van der Waals surface area contributed by atoms with Crippen LogP contribution in [0.25, 0.3) is 0 Å². The summed E-state index contributed by atoms with van der Waals surface area (Å²) in [6.07, 6.45) is -10.2. The van der Waals surface area contributed by atoms with E-state index in [2.05, 4.69) is 14.8 Å². The fraction of sp³-hybridized carbons (Fsp3) is 0.421. The Morgan fingerprint density at radius 2 is 1.78 bits per heavy atom. The molecule has 0 radical (unpaired) electrons. The molecule has 1 aromatic heterocycles. The maximum atomic E-state index is 13.1. The second-order valence-electron chi connectivity index (χ2n) is 6.94. The molecule has 13 heteroatoms. The van der Waals surface area contributed by atoms with Crippen LogP contribution in [0.3, 0.4) is 0 Å². The number of halogens is 6. The van der Waals surface area contributed by atoms with Gasteiger partial charge in [-0.15, -0.1) is 0 Å². The molecule has 0 aliphatic carbocycles. The van der Waals surface area contributed by atoms with Gasteiger partial charge in [0.1, 0.15) is 11.8 Å². The lowest BCUT2D eigenvalue weighted by Gasteiger charge is -2.32. The summed E-state index contributed by atoms with van der Waals surface area (Å²) < 4.78 is 87.2. The van der Waals surface area contributed by atoms with Crippen LogP contribution in [0.2, 0.25) is 0 Å². The standard InChI is InChI=1S/C19H18F6N4O3/c1-11(19(23,24)25)32-17-27-14(15-7-8-26-28(15)2)9-16(30)29(17)12-3-5-13(6-4-12)31-10-18(20,21)22/h3-8,11,14H,9-10H2,1-2H3/t11-,14?/m1/s1. The molecule has 7 nitrogen and oxygen atoms in total. The summed E-state index contributed by atoms with van der Waals surface area (Å²) in [5.41, 5.74) is 0.556.